The van der Waals surface area contributed by atoms with E-state index in [2.05, 4.69) is 10.6 Å². The summed E-state index contributed by atoms with van der Waals surface area (Å²) >= 11 is 6.04. The summed E-state index contributed by atoms with van der Waals surface area (Å²) in [7, 11) is 0. The molecule has 2 rings (SSSR count). The molecule has 1 atom stereocenters. The predicted octanol–water partition coefficient (Wildman–Crippen LogP) is 4.04. The summed E-state index contributed by atoms with van der Waals surface area (Å²) in [6.07, 6.45) is 0. The minimum absolute atomic E-state index is 0.0677. The maximum Gasteiger partial charge on any atom is 0.253 e. The molecule has 0 fully saturated rings. The Hall–Kier alpha value is -2.33. The maximum absolute atomic E-state index is 12.5. The number of nitrogens with one attached hydrogen (secondary N) is 2. The monoisotopic (exact) mass is 344 g/mol. The molecule has 2 aromatic carbocycles. The van der Waals surface area contributed by atoms with Gasteiger partial charge in [0.05, 0.1) is 10.6 Å². The normalized spacial score (nSPS) is 11.9. The van der Waals surface area contributed by atoms with Gasteiger partial charge in [0.15, 0.2) is 0 Å². The molecule has 0 radical (unpaired) electrons. The van der Waals surface area contributed by atoms with E-state index in [0.717, 1.165) is 5.56 Å². The molecule has 0 aliphatic carbocycles. The van der Waals surface area contributed by atoms with Crippen LogP contribution in [-0.2, 0) is 4.79 Å². The highest BCUT2D eigenvalue weighted by Crippen LogP contribution is 2.16. The molecule has 0 aromatic heterocycles. The quantitative estimate of drug-likeness (QED) is 0.860. The van der Waals surface area contributed by atoms with Gasteiger partial charge in [0.25, 0.3) is 5.91 Å². The van der Waals surface area contributed by atoms with Crippen molar-refractivity contribution in [3.8, 4) is 0 Å². The molecule has 5 heteroatoms. The minimum atomic E-state index is -0.657. The number of benzene rings is 2. The summed E-state index contributed by atoms with van der Waals surface area (Å²) in [4.78, 5) is 24.9. The number of hydrogen-bond acceptors (Lipinski definition) is 2. The zero-order chi connectivity index (χ0) is 17.7. The molecule has 0 aliphatic heterocycles. The number of rotatable bonds is 5. The fourth-order valence-corrected chi connectivity index (χ4v) is 2.48. The SMILES string of the molecule is Cc1ccc(NC(=O)[C@@H](NC(=O)c2ccccc2Cl)C(C)C)cc1. The minimum Gasteiger partial charge on any atom is -0.340 e. The highest BCUT2D eigenvalue weighted by molar-refractivity contribution is 6.33. The van der Waals surface area contributed by atoms with Gasteiger partial charge >= 0.3 is 0 Å². The van der Waals surface area contributed by atoms with Crippen molar-refractivity contribution in [1.82, 2.24) is 5.32 Å². The van der Waals surface area contributed by atoms with Gasteiger partial charge in [-0.25, -0.2) is 0 Å². The number of carbonyl (C=O) groups is 2. The number of hydrogen-bond donors (Lipinski definition) is 2. The Morgan fingerprint density at radius 2 is 1.62 bits per heavy atom. The Balaban J connectivity index is 2.11. The van der Waals surface area contributed by atoms with Crippen LogP contribution in [0.4, 0.5) is 5.69 Å². The molecule has 2 amide bonds. The van der Waals surface area contributed by atoms with Crippen molar-refractivity contribution in [2.45, 2.75) is 26.8 Å². The Labute approximate surface area is 147 Å². The van der Waals surface area contributed by atoms with Gasteiger partial charge in [-0.3, -0.25) is 9.59 Å². The van der Waals surface area contributed by atoms with Gasteiger partial charge in [0.2, 0.25) is 5.91 Å². The molecule has 2 N–H and O–H groups in total. The van der Waals surface area contributed by atoms with Crippen molar-refractivity contribution in [1.29, 1.82) is 0 Å². The lowest BCUT2D eigenvalue weighted by Gasteiger charge is -2.22. The number of carbonyl (C=O) groups excluding carboxylic acids is 2. The number of amides is 2. The Morgan fingerprint density at radius 3 is 2.21 bits per heavy atom. The second-order valence-corrected chi connectivity index (χ2v) is 6.44. The van der Waals surface area contributed by atoms with E-state index in [4.69, 9.17) is 11.6 Å². The van der Waals surface area contributed by atoms with Crippen molar-refractivity contribution < 1.29 is 9.59 Å². The van der Waals surface area contributed by atoms with Crippen LogP contribution < -0.4 is 10.6 Å². The number of anilines is 1. The first kappa shape index (κ1) is 18.0. The Bertz CT molecular complexity index is 726. The summed E-state index contributed by atoms with van der Waals surface area (Å²) in [5.41, 5.74) is 2.16. The van der Waals surface area contributed by atoms with E-state index in [9.17, 15) is 9.59 Å². The van der Waals surface area contributed by atoms with Crippen LogP contribution in [0.1, 0.15) is 29.8 Å². The standard InChI is InChI=1S/C19H21ClN2O2/c1-12(2)17(19(24)21-14-10-8-13(3)9-11-14)22-18(23)15-6-4-5-7-16(15)20/h4-12,17H,1-3H3,(H,21,24)(H,22,23)/t17-/m0/s1. The zero-order valence-corrected chi connectivity index (χ0v) is 14.7. The van der Waals surface area contributed by atoms with Crippen LogP contribution >= 0.6 is 11.6 Å². The lowest BCUT2D eigenvalue weighted by atomic mass is 10.0. The third kappa shape index (κ3) is 4.59. The van der Waals surface area contributed by atoms with Crippen LogP contribution in [0.15, 0.2) is 48.5 Å². The number of aryl methyl sites for hydroxylation is 1. The highest BCUT2D eigenvalue weighted by Gasteiger charge is 2.25. The van der Waals surface area contributed by atoms with Crippen LogP contribution in [0.5, 0.6) is 0 Å². The average molecular weight is 345 g/mol. The van der Waals surface area contributed by atoms with Crippen molar-refractivity contribution in [3.63, 3.8) is 0 Å². The summed E-state index contributed by atoms with van der Waals surface area (Å²) in [5, 5.41) is 5.96. The van der Waals surface area contributed by atoms with Gasteiger partial charge in [0, 0.05) is 5.69 Å². The molecular weight excluding hydrogens is 324 g/mol. The third-order valence-corrected chi connectivity index (χ3v) is 4.00. The third-order valence-electron chi connectivity index (χ3n) is 3.67. The highest BCUT2D eigenvalue weighted by atomic mass is 35.5. The molecule has 0 bridgehead atoms. The van der Waals surface area contributed by atoms with E-state index in [1.54, 1.807) is 24.3 Å². The summed E-state index contributed by atoms with van der Waals surface area (Å²) in [6, 6.07) is 13.6. The molecule has 0 saturated carbocycles. The second-order valence-electron chi connectivity index (χ2n) is 6.03. The van der Waals surface area contributed by atoms with E-state index in [0.29, 0.717) is 16.3 Å². The molecule has 0 saturated heterocycles. The summed E-state index contributed by atoms with van der Waals surface area (Å²) < 4.78 is 0. The van der Waals surface area contributed by atoms with Crippen molar-refractivity contribution in [3.05, 3.63) is 64.7 Å². The molecule has 0 unspecified atom stereocenters. The second kappa shape index (κ2) is 7.97. The summed E-state index contributed by atoms with van der Waals surface area (Å²) in [5.74, 6) is -0.686. The molecule has 24 heavy (non-hydrogen) atoms. The Morgan fingerprint density at radius 1 is 1.00 bits per heavy atom. The zero-order valence-electron chi connectivity index (χ0n) is 14.0. The molecule has 0 spiro atoms. The first-order valence-electron chi connectivity index (χ1n) is 7.81. The topological polar surface area (TPSA) is 58.2 Å². The van der Waals surface area contributed by atoms with Crippen LogP contribution in [0.25, 0.3) is 0 Å². The van der Waals surface area contributed by atoms with Crippen LogP contribution in [0.2, 0.25) is 5.02 Å². The van der Waals surface area contributed by atoms with E-state index >= 15 is 0 Å². The maximum atomic E-state index is 12.5. The van der Waals surface area contributed by atoms with Crippen molar-refractivity contribution in [2.24, 2.45) is 5.92 Å². The Kier molecular flexibility index (Phi) is 5.99. The fourth-order valence-electron chi connectivity index (χ4n) is 2.26. The molecule has 0 heterocycles. The van der Waals surface area contributed by atoms with E-state index in [1.165, 1.54) is 0 Å². The summed E-state index contributed by atoms with van der Waals surface area (Å²) in [6.45, 7) is 5.74. The largest absolute Gasteiger partial charge is 0.340 e. The van der Waals surface area contributed by atoms with Crippen molar-refractivity contribution >= 4 is 29.1 Å². The van der Waals surface area contributed by atoms with Gasteiger partial charge < -0.3 is 10.6 Å². The fraction of sp³-hybridized carbons (Fsp3) is 0.263. The van der Waals surface area contributed by atoms with Gasteiger partial charge in [-0.05, 0) is 37.1 Å². The molecule has 2 aromatic rings. The lowest BCUT2D eigenvalue weighted by Crippen LogP contribution is -2.47. The van der Waals surface area contributed by atoms with Crippen LogP contribution in [0.3, 0.4) is 0 Å². The van der Waals surface area contributed by atoms with Gasteiger partial charge in [0.1, 0.15) is 6.04 Å². The smallest absolute Gasteiger partial charge is 0.253 e. The van der Waals surface area contributed by atoms with Gasteiger partial charge in [-0.1, -0.05) is 55.3 Å². The molecule has 0 aliphatic rings. The van der Waals surface area contributed by atoms with E-state index < -0.39 is 6.04 Å². The van der Waals surface area contributed by atoms with E-state index in [-0.39, 0.29) is 17.7 Å². The van der Waals surface area contributed by atoms with Gasteiger partial charge in [-0.2, -0.15) is 0 Å². The van der Waals surface area contributed by atoms with Crippen LogP contribution in [-0.4, -0.2) is 17.9 Å². The number of halogens is 1. The van der Waals surface area contributed by atoms with Crippen LogP contribution in [0, 0.1) is 12.8 Å². The van der Waals surface area contributed by atoms with Gasteiger partial charge in [-0.15, -0.1) is 0 Å². The average Bonchev–Trinajstić information content (AvgIpc) is 2.54. The van der Waals surface area contributed by atoms with Crippen molar-refractivity contribution in [2.75, 3.05) is 5.32 Å². The lowest BCUT2D eigenvalue weighted by molar-refractivity contribution is -0.118. The van der Waals surface area contributed by atoms with E-state index in [1.807, 2.05) is 45.0 Å². The molecule has 126 valence electrons. The predicted molar refractivity (Wildman–Crippen MR) is 97.4 cm³/mol. The molecular formula is C19H21ClN2O2. The molecule has 4 nitrogen and oxygen atoms in total. The first-order chi connectivity index (χ1) is 11.4. The first-order valence-corrected chi connectivity index (χ1v) is 8.19.